The maximum Gasteiger partial charge on any atom is 0.0588 e. The van der Waals surface area contributed by atoms with Crippen LogP contribution in [0.2, 0.25) is 0 Å². The fourth-order valence-corrected chi connectivity index (χ4v) is 2.76. The molecule has 0 aliphatic carbocycles. The molecule has 1 saturated heterocycles. The van der Waals surface area contributed by atoms with Crippen molar-refractivity contribution in [2.24, 2.45) is 0 Å². The van der Waals surface area contributed by atoms with Crippen LogP contribution in [-0.4, -0.2) is 30.1 Å². The summed E-state index contributed by atoms with van der Waals surface area (Å²) in [4.78, 5) is 0. The minimum absolute atomic E-state index is 0.252. The van der Waals surface area contributed by atoms with Gasteiger partial charge in [-0.25, -0.2) is 0 Å². The molecule has 1 atom stereocenters. The Kier molecular flexibility index (Phi) is 5.42. The first kappa shape index (κ1) is 12.5. The predicted octanol–water partition coefficient (Wildman–Crippen LogP) is 2.71. The Balaban J connectivity index is 2.07. The lowest BCUT2D eigenvalue weighted by molar-refractivity contribution is 0.102. The minimum atomic E-state index is 0.252. The van der Waals surface area contributed by atoms with E-state index in [0.29, 0.717) is 6.10 Å². The topological polar surface area (TPSA) is 21.3 Å². The Hall–Kier alpha value is 0.400. The van der Waals surface area contributed by atoms with Gasteiger partial charge in [0.25, 0.3) is 0 Å². The Morgan fingerprint density at radius 1 is 1.50 bits per heavy atom. The number of hydrogen-bond acceptors (Lipinski definition) is 2. The Labute approximate surface area is 95.9 Å². The summed E-state index contributed by atoms with van der Waals surface area (Å²) in [5.74, 6) is 0. The first-order valence-corrected chi connectivity index (χ1v) is 6.69. The number of alkyl halides is 1. The number of nitrogens with one attached hydrogen (secondary N) is 1. The Bertz CT molecular complexity index is 155. The second kappa shape index (κ2) is 6.09. The fraction of sp³-hybridized carbons (Fsp3) is 1.00. The highest BCUT2D eigenvalue weighted by atomic mass is 79.9. The highest BCUT2D eigenvalue weighted by Crippen LogP contribution is 2.16. The zero-order chi connectivity index (χ0) is 10.4. The smallest absolute Gasteiger partial charge is 0.0588 e. The van der Waals surface area contributed by atoms with Gasteiger partial charge in [-0.15, -0.1) is 0 Å². The summed E-state index contributed by atoms with van der Waals surface area (Å²) in [6.45, 7) is 6.55. The largest absolute Gasteiger partial charge is 0.378 e. The lowest BCUT2D eigenvalue weighted by Gasteiger charge is -2.26. The molecule has 84 valence electrons. The van der Waals surface area contributed by atoms with E-state index >= 15 is 0 Å². The molecule has 0 aromatic carbocycles. The van der Waals surface area contributed by atoms with E-state index in [9.17, 15) is 0 Å². The van der Waals surface area contributed by atoms with Crippen LogP contribution in [0, 0.1) is 0 Å². The summed E-state index contributed by atoms with van der Waals surface area (Å²) < 4.78 is 5.58. The van der Waals surface area contributed by atoms with E-state index < -0.39 is 0 Å². The van der Waals surface area contributed by atoms with Crippen molar-refractivity contribution in [3.8, 4) is 0 Å². The lowest BCUT2D eigenvalue weighted by atomic mass is 10.0. The molecule has 1 heterocycles. The van der Waals surface area contributed by atoms with Crippen LogP contribution < -0.4 is 5.32 Å². The minimum Gasteiger partial charge on any atom is -0.378 e. The summed E-state index contributed by atoms with van der Waals surface area (Å²) in [7, 11) is 0. The molecule has 1 aliphatic heterocycles. The van der Waals surface area contributed by atoms with Crippen molar-refractivity contribution in [2.75, 3.05) is 18.5 Å². The third-order valence-corrected chi connectivity index (χ3v) is 3.21. The number of ether oxygens (including phenoxy) is 1. The van der Waals surface area contributed by atoms with E-state index in [-0.39, 0.29) is 5.54 Å². The molecule has 1 aliphatic rings. The SMILES string of the molecule is CC(C)(CCBr)NCCC1CCCO1. The maximum atomic E-state index is 5.58. The van der Waals surface area contributed by atoms with Crippen molar-refractivity contribution in [1.82, 2.24) is 5.32 Å². The molecule has 0 bridgehead atoms. The zero-order valence-corrected chi connectivity index (χ0v) is 10.9. The molecule has 1 N–H and O–H groups in total. The molecule has 1 unspecified atom stereocenters. The van der Waals surface area contributed by atoms with Crippen molar-refractivity contribution < 1.29 is 4.74 Å². The standard InChI is InChI=1S/C11H22BrNO/c1-11(2,6-7-12)13-8-5-10-4-3-9-14-10/h10,13H,3-9H2,1-2H3. The molecule has 0 aromatic heterocycles. The highest BCUT2D eigenvalue weighted by molar-refractivity contribution is 9.09. The number of halogens is 1. The van der Waals surface area contributed by atoms with Crippen molar-refractivity contribution in [2.45, 2.75) is 51.2 Å². The van der Waals surface area contributed by atoms with Gasteiger partial charge in [0.1, 0.15) is 0 Å². The van der Waals surface area contributed by atoms with E-state index in [1.807, 2.05) is 0 Å². The van der Waals surface area contributed by atoms with Crippen LogP contribution in [0.1, 0.15) is 39.5 Å². The summed E-state index contributed by atoms with van der Waals surface area (Å²) in [5, 5.41) is 4.64. The summed E-state index contributed by atoms with van der Waals surface area (Å²) in [6.07, 6.45) is 5.34. The van der Waals surface area contributed by atoms with Crippen molar-refractivity contribution in [1.29, 1.82) is 0 Å². The predicted molar refractivity (Wildman–Crippen MR) is 64.1 cm³/mol. The first-order valence-electron chi connectivity index (χ1n) is 5.57. The third-order valence-electron chi connectivity index (χ3n) is 2.81. The van der Waals surface area contributed by atoms with Crippen molar-refractivity contribution >= 4 is 15.9 Å². The van der Waals surface area contributed by atoms with Gasteiger partial charge in [0, 0.05) is 17.5 Å². The molecule has 2 nitrogen and oxygen atoms in total. The average Bonchev–Trinajstić information content (AvgIpc) is 2.56. The van der Waals surface area contributed by atoms with Gasteiger partial charge in [0.05, 0.1) is 6.10 Å². The molecule has 1 rings (SSSR count). The zero-order valence-electron chi connectivity index (χ0n) is 9.31. The molecule has 3 heteroatoms. The highest BCUT2D eigenvalue weighted by Gasteiger charge is 2.18. The molecule has 0 spiro atoms. The molecule has 1 fully saturated rings. The van der Waals surface area contributed by atoms with Gasteiger partial charge in [-0.1, -0.05) is 15.9 Å². The van der Waals surface area contributed by atoms with E-state index in [0.717, 1.165) is 24.9 Å². The van der Waals surface area contributed by atoms with Crippen molar-refractivity contribution in [3.05, 3.63) is 0 Å². The van der Waals surface area contributed by atoms with E-state index in [1.165, 1.54) is 19.3 Å². The normalized spacial score (nSPS) is 22.9. The molecule has 14 heavy (non-hydrogen) atoms. The van der Waals surface area contributed by atoms with Gasteiger partial charge in [0.15, 0.2) is 0 Å². The van der Waals surface area contributed by atoms with Gasteiger partial charge >= 0.3 is 0 Å². The van der Waals surface area contributed by atoms with Crippen LogP contribution in [0.15, 0.2) is 0 Å². The quantitative estimate of drug-likeness (QED) is 0.745. The first-order chi connectivity index (χ1) is 6.64. The summed E-state index contributed by atoms with van der Waals surface area (Å²) in [5.41, 5.74) is 0.252. The monoisotopic (exact) mass is 263 g/mol. The van der Waals surface area contributed by atoms with E-state index in [1.54, 1.807) is 0 Å². The molecule has 0 amide bonds. The summed E-state index contributed by atoms with van der Waals surface area (Å²) >= 11 is 3.48. The van der Waals surface area contributed by atoms with Crippen LogP contribution in [-0.2, 0) is 4.74 Å². The van der Waals surface area contributed by atoms with Gasteiger partial charge in [-0.3, -0.25) is 0 Å². The lowest BCUT2D eigenvalue weighted by Crippen LogP contribution is -2.40. The van der Waals surface area contributed by atoms with Crippen LogP contribution >= 0.6 is 15.9 Å². The van der Waals surface area contributed by atoms with E-state index in [2.05, 4.69) is 35.1 Å². The average molecular weight is 264 g/mol. The van der Waals surface area contributed by atoms with Gasteiger partial charge < -0.3 is 10.1 Å². The Morgan fingerprint density at radius 2 is 2.29 bits per heavy atom. The van der Waals surface area contributed by atoms with E-state index in [4.69, 9.17) is 4.74 Å². The fourth-order valence-electron chi connectivity index (χ4n) is 1.77. The molecule has 0 aromatic rings. The van der Waals surface area contributed by atoms with Gasteiger partial charge in [-0.05, 0) is 46.1 Å². The second-order valence-electron chi connectivity index (χ2n) is 4.67. The molecule has 0 radical (unpaired) electrons. The van der Waals surface area contributed by atoms with Crippen LogP contribution in [0.4, 0.5) is 0 Å². The maximum absolute atomic E-state index is 5.58. The molecular weight excluding hydrogens is 242 g/mol. The second-order valence-corrected chi connectivity index (χ2v) is 5.47. The van der Waals surface area contributed by atoms with Gasteiger partial charge in [-0.2, -0.15) is 0 Å². The Morgan fingerprint density at radius 3 is 2.86 bits per heavy atom. The van der Waals surface area contributed by atoms with Crippen LogP contribution in [0.3, 0.4) is 0 Å². The summed E-state index contributed by atoms with van der Waals surface area (Å²) in [6, 6.07) is 0. The van der Waals surface area contributed by atoms with Gasteiger partial charge in [0.2, 0.25) is 0 Å². The van der Waals surface area contributed by atoms with Crippen molar-refractivity contribution in [3.63, 3.8) is 0 Å². The molecule has 0 saturated carbocycles. The van der Waals surface area contributed by atoms with Crippen LogP contribution in [0.5, 0.6) is 0 Å². The number of rotatable bonds is 6. The third kappa shape index (κ3) is 4.76. The number of hydrogen-bond donors (Lipinski definition) is 1. The molecular formula is C11H22BrNO. The van der Waals surface area contributed by atoms with Crippen LogP contribution in [0.25, 0.3) is 0 Å².